The molecule has 0 N–H and O–H groups in total. The Morgan fingerprint density at radius 2 is 0.697 bits per heavy atom. The van der Waals surface area contributed by atoms with Crippen molar-refractivity contribution < 1.29 is 8.85 Å². The van der Waals surface area contributed by atoms with E-state index in [4.69, 9.17) is 8.85 Å². The van der Waals surface area contributed by atoms with E-state index in [-0.39, 0.29) is 11.1 Å². The fraction of sp³-hybridized carbons (Fsp3) is 0.200. The molecule has 0 aliphatic heterocycles. The summed E-state index contributed by atoms with van der Waals surface area (Å²) in [7, 11) is -3.02. The van der Waals surface area contributed by atoms with E-state index >= 15 is 0 Å². The van der Waals surface area contributed by atoms with Crippen LogP contribution in [0.3, 0.4) is 0 Å². The van der Waals surface area contributed by atoms with Gasteiger partial charge in [-0.3, -0.25) is 0 Å². The van der Waals surface area contributed by atoms with E-state index in [9.17, 15) is 0 Å². The zero-order valence-corrected chi connectivity index (χ0v) is 20.4. The number of hydrogen-bond donors (Lipinski definition) is 0. The van der Waals surface area contributed by atoms with Crippen LogP contribution in [0.15, 0.2) is 121 Å². The van der Waals surface area contributed by atoms with Crippen LogP contribution in [-0.4, -0.2) is 21.8 Å². The maximum atomic E-state index is 6.93. The molecule has 0 bridgehead atoms. The Hall–Kier alpha value is -2.98. The molecule has 4 aromatic carbocycles. The summed E-state index contributed by atoms with van der Waals surface area (Å²) in [4.78, 5) is 0. The summed E-state index contributed by atoms with van der Waals surface area (Å²) in [6.45, 7) is 5.36. The third-order valence-electron chi connectivity index (χ3n) is 6.08. The van der Waals surface area contributed by atoms with Gasteiger partial charge in [0.2, 0.25) is 0 Å². The fourth-order valence-corrected chi connectivity index (χ4v) is 9.50. The average molecular weight is 453 g/mol. The molecule has 3 heteroatoms. The monoisotopic (exact) mass is 452 g/mol. The van der Waals surface area contributed by atoms with Gasteiger partial charge in [-0.05, 0) is 36.1 Å². The molecule has 0 aromatic heterocycles. The maximum absolute atomic E-state index is 6.93. The van der Waals surface area contributed by atoms with Gasteiger partial charge in [0.05, 0.1) is 11.1 Å². The van der Waals surface area contributed by atoms with Crippen LogP contribution in [0.1, 0.15) is 47.2 Å². The highest BCUT2D eigenvalue weighted by Gasteiger charge is 2.55. The highest BCUT2D eigenvalue weighted by molar-refractivity contribution is 6.72. The van der Waals surface area contributed by atoms with Crippen LogP contribution in [0.2, 0.25) is 0 Å². The molecule has 0 unspecified atom stereocenters. The van der Waals surface area contributed by atoms with Gasteiger partial charge in [0.15, 0.2) is 0 Å². The molecule has 0 aliphatic carbocycles. The summed E-state index contributed by atoms with van der Waals surface area (Å²) in [5, 5.41) is 0. The molecule has 33 heavy (non-hydrogen) atoms. The van der Waals surface area contributed by atoms with Crippen LogP contribution in [0.5, 0.6) is 0 Å². The second kappa shape index (κ2) is 11.2. The Labute approximate surface area is 199 Å². The van der Waals surface area contributed by atoms with Gasteiger partial charge in [0.25, 0.3) is 0 Å². The first-order valence-corrected chi connectivity index (χ1v) is 13.7. The Balaban J connectivity index is 2.03. The van der Waals surface area contributed by atoms with Crippen molar-refractivity contribution in [2.24, 2.45) is 0 Å². The summed E-state index contributed by atoms with van der Waals surface area (Å²) in [6, 6.07) is 42.9. The predicted molar refractivity (Wildman–Crippen MR) is 138 cm³/mol. The van der Waals surface area contributed by atoms with Crippen LogP contribution >= 0.6 is 0 Å². The van der Waals surface area contributed by atoms with E-state index in [0.717, 1.165) is 0 Å². The van der Waals surface area contributed by atoms with Crippen molar-refractivity contribution in [2.75, 3.05) is 13.2 Å². The van der Waals surface area contributed by atoms with Gasteiger partial charge in [-0.1, -0.05) is 121 Å². The molecule has 4 rings (SSSR count). The molecular formula is C30H32O2Si. The minimum Gasteiger partial charge on any atom is -0.393 e. The molecular weight excluding hydrogens is 420 g/mol. The first-order valence-electron chi connectivity index (χ1n) is 11.8. The molecule has 0 amide bonds. The highest BCUT2D eigenvalue weighted by Crippen LogP contribution is 2.46. The molecule has 0 fully saturated rings. The predicted octanol–water partition coefficient (Wildman–Crippen LogP) is 7.24. The van der Waals surface area contributed by atoms with Gasteiger partial charge < -0.3 is 8.85 Å². The second-order valence-electron chi connectivity index (χ2n) is 8.10. The largest absolute Gasteiger partial charge is 0.393 e. The minimum absolute atomic E-state index is 0.00483. The van der Waals surface area contributed by atoms with E-state index in [0.29, 0.717) is 13.2 Å². The van der Waals surface area contributed by atoms with Crippen molar-refractivity contribution in [3.63, 3.8) is 0 Å². The van der Waals surface area contributed by atoms with E-state index < -0.39 is 8.56 Å². The zero-order valence-electron chi connectivity index (χ0n) is 19.4. The lowest BCUT2D eigenvalue weighted by molar-refractivity contribution is 0.170. The van der Waals surface area contributed by atoms with Gasteiger partial charge in [0, 0.05) is 13.2 Å². The number of benzene rings is 4. The topological polar surface area (TPSA) is 18.5 Å². The van der Waals surface area contributed by atoms with Crippen molar-refractivity contribution in [2.45, 2.75) is 24.9 Å². The molecule has 0 heterocycles. The van der Waals surface area contributed by atoms with E-state index in [2.05, 4.69) is 135 Å². The normalized spacial score (nSPS) is 11.8. The zero-order chi connectivity index (χ0) is 22.9. The second-order valence-corrected chi connectivity index (χ2v) is 11.3. The fourth-order valence-electron chi connectivity index (χ4n) is 4.89. The van der Waals surface area contributed by atoms with E-state index in [1.54, 1.807) is 0 Å². The molecule has 2 nitrogen and oxygen atoms in total. The van der Waals surface area contributed by atoms with E-state index in [1.807, 2.05) is 0 Å². The smallest absolute Gasteiger partial charge is 0.362 e. The van der Waals surface area contributed by atoms with Crippen molar-refractivity contribution in [1.29, 1.82) is 0 Å². The van der Waals surface area contributed by atoms with Crippen molar-refractivity contribution in [3.05, 3.63) is 144 Å². The molecule has 168 valence electrons. The van der Waals surface area contributed by atoms with Gasteiger partial charge >= 0.3 is 8.56 Å². The Bertz CT molecular complexity index is 915. The Morgan fingerprint density at radius 1 is 0.455 bits per heavy atom. The Morgan fingerprint density at radius 3 is 0.909 bits per heavy atom. The van der Waals surface area contributed by atoms with E-state index in [1.165, 1.54) is 22.3 Å². The molecule has 0 aliphatic rings. The number of hydrogen-bond acceptors (Lipinski definition) is 2. The van der Waals surface area contributed by atoms with Crippen molar-refractivity contribution >= 4 is 8.56 Å². The van der Waals surface area contributed by atoms with Crippen LogP contribution in [-0.2, 0) is 8.85 Å². The van der Waals surface area contributed by atoms with Gasteiger partial charge in [-0.25, -0.2) is 0 Å². The molecule has 0 spiro atoms. The summed E-state index contributed by atoms with van der Waals surface area (Å²) in [5.74, 6) is 0. The van der Waals surface area contributed by atoms with Gasteiger partial charge in [0.1, 0.15) is 0 Å². The summed E-state index contributed by atoms with van der Waals surface area (Å²) >= 11 is 0. The lowest BCUT2D eigenvalue weighted by Gasteiger charge is -2.43. The lowest BCUT2D eigenvalue weighted by Crippen LogP contribution is -2.55. The standard InChI is InChI=1S/C30H32O2Si/c1-3-31-33(32-4-2,29(25-17-9-5-10-18-25)26-19-11-6-12-20-26)30(27-21-13-7-14-22-27)28-23-15-8-16-24-28/h5-24,29-30H,3-4H2,1-2H3. The SMILES string of the molecule is CCO[Si](OCC)(C(c1ccccc1)c1ccccc1)C(c1ccccc1)c1ccccc1. The van der Waals surface area contributed by atoms with Crippen LogP contribution in [0, 0.1) is 0 Å². The molecule has 0 atom stereocenters. The minimum atomic E-state index is -3.02. The van der Waals surface area contributed by atoms with Crippen molar-refractivity contribution in [1.82, 2.24) is 0 Å². The molecule has 0 saturated carbocycles. The van der Waals surface area contributed by atoms with Crippen LogP contribution < -0.4 is 0 Å². The molecule has 4 aromatic rings. The van der Waals surface area contributed by atoms with Crippen LogP contribution in [0.25, 0.3) is 0 Å². The van der Waals surface area contributed by atoms with Gasteiger partial charge in [-0.2, -0.15) is 0 Å². The lowest BCUT2D eigenvalue weighted by atomic mass is 10.0. The highest BCUT2D eigenvalue weighted by atomic mass is 28.4. The first-order chi connectivity index (χ1) is 16.3. The molecule has 0 saturated heterocycles. The van der Waals surface area contributed by atoms with Crippen LogP contribution in [0.4, 0.5) is 0 Å². The Kier molecular flexibility index (Phi) is 7.90. The third-order valence-corrected chi connectivity index (χ3v) is 10.5. The third kappa shape index (κ3) is 5.01. The quantitative estimate of drug-likeness (QED) is 0.236. The average Bonchev–Trinajstić information content (AvgIpc) is 2.87. The summed E-state index contributed by atoms with van der Waals surface area (Å²) in [6.07, 6.45) is 0. The maximum Gasteiger partial charge on any atom is 0.362 e. The first kappa shape index (κ1) is 23.2. The van der Waals surface area contributed by atoms with Gasteiger partial charge in [-0.15, -0.1) is 0 Å². The van der Waals surface area contributed by atoms with Crippen molar-refractivity contribution in [3.8, 4) is 0 Å². The molecule has 0 radical (unpaired) electrons. The number of rotatable bonds is 10. The summed E-state index contributed by atoms with van der Waals surface area (Å²) < 4.78 is 13.9. The summed E-state index contributed by atoms with van der Waals surface area (Å²) in [5.41, 5.74) is 4.93.